The number of carbonyl (C=O) groups is 2. The summed E-state index contributed by atoms with van der Waals surface area (Å²) in [7, 11) is 0. The van der Waals surface area contributed by atoms with Gasteiger partial charge in [0, 0.05) is 10.7 Å². The number of amides is 2. The number of aryl methyl sites for hydroxylation is 2. The zero-order valence-corrected chi connectivity index (χ0v) is 17.9. The summed E-state index contributed by atoms with van der Waals surface area (Å²) in [5, 5.41) is 7.06. The maximum atomic E-state index is 12.0. The standard InChI is InChI=1S/C24H22ClN3O3/c1-16-3-10-21(13-17(16)2)27-23(29)24(30)28-26-14-18-6-11-22(12-7-18)31-15-19-4-8-20(25)9-5-19/h3-14H,15H2,1-2H3,(H,27,29)(H,28,30). The molecule has 31 heavy (non-hydrogen) atoms. The molecule has 0 fully saturated rings. The van der Waals surface area contributed by atoms with Crippen LogP contribution in [0.1, 0.15) is 22.3 Å². The summed E-state index contributed by atoms with van der Waals surface area (Å²) in [6.07, 6.45) is 1.45. The predicted octanol–water partition coefficient (Wildman–Crippen LogP) is 4.62. The van der Waals surface area contributed by atoms with Crippen LogP contribution < -0.4 is 15.5 Å². The van der Waals surface area contributed by atoms with E-state index >= 15 is 0 Å². The molecular weight excluding hydrogens is 414 g/mol. The molecule has 2 N–H and O–H groups in total. The lowest BCUT2D eigenvalue weighted by Crippen LogP contribution is -2.32. The number of hydrogen-bond donors (Lipinski definition) is 2. The molecule has 6 nitrogen and oxygen atoms in total. The van der Waals surface area contributed by atoms with Crippen molar-refractivity contribution in [2.24, 2.45) is 5.10 Å². The van der Waals surface area contributed by atoms with Gasteiger partial charge in [0.15, 0.2) is 0 Å². The van der Waals surface area contributed by atoms with Crippen molar-refractivity contribution in [2.45, 2.75) is 20.5 Å². The first-order chi connectivity index (χ1) is 14.9. The van der Waals surface area contributed by atoms with Crippen molar-refractivity contribution in [3.8, 4) is 5.75 Å². The molecule has 0 saturated heterocycles. The minimum absolute atomic E-state index is 0.427. The second-order valence-electron chi connectivity index (χ2n) is 6.94. The van der Waals surface area contributed by atoms with Crippen molar-refractivity contribution >= 4 is 35.3 Å². The maximum Gasteiger partial charge on any atom is 0.329 e. The Bertz CT molecular complexity index is 1090. The van der Waals surface area contributed by atoms with E-state index in [-0.39, 0.29) is 0 Å². The molecule has 0 heterocycles. The average Bonchev–Trinajstić information content (AvgIpc) is 2.76. The van der Waals surface area contributed by atoms with Crippen molar-refractivity contribution in [1.29, 1.82) is 0 Å². The van der Waals surface area contributed by atoms with E-state index in [1.807, 2.05) is 44.2 Å². The molecule has 2 amide bonds. The second kappa shape index (κ2) is 10.4. The van der Waals surface area contributed by atoms with E-state index < -0.39 is 11.8 Å². The molecule has 0 radical (unpaired) electrons. The SMILES string of the molecule is Cc1ccc(NC(=O)C(=O)NN=Cc2ccc(OCc3ccc(Cl)cc3)cc2)cc1C. The fourth-order valence-electron chi connectivity index (χ4n) is 2.62. The topological polar surface area (TPSA) is 79.8 Å². The van der Waals surface area contributed by atoms with Gasteiger partial charge >= 0.3 is 11.8 Å². The van der Waals surface area contributed by atoms with Gasteiger partial charge in [-0.3, -0.25) is 9.59 Å². The Balaban J connectivity index is 1.47. The maximum absolute atomic E-state index is 12.0. The molecule has 0 spiro atoms. The number of benzene rings is 3. The Kier molecular flexibility index (Phi) is 7.40. The Morgan fingerprint density at radius 3 is 2.32 bits per heavy atom. The third-order valence-corrected chi connectivity index (χ3v) is 4.80. The van der Waals surface area contributed by atoms with Crippen molar-refractivity contribution in [1.82, 2.24) is 5.43 Å². The number of hydrazone groups is 1. The minimum atomic E-state index is -0.850. The summed E-state index contributed by atoms with van der Waals surface area (Å²) in [4.78, 5) is 23.9. The number of hydrogen-bond acceptors (Lipinski definition) is 4. The van der Waals surface area contributed by atoms with E-state index in [1.54, 1.807) is 36.4 Å². The van der Waals surface area contributed by atoms with Gasteiger partial charge in [0.25, 0.3) is 0 Å². The Morgan fingerprint density at radius 2 is 1.65 bits per heavy atom. The van der Waals surface area contributed by atoms with Crippen molar-refractivity contribution in [3.63, 3.8) is 0 Å². The van der Waals surface area contributed by atoms with Crippen LogP contribution in [0.3, 0.4) is 0 Å². The lowest BCUT2D eigenvalue weighted by molar-refractivity contribution is -0.136. The van der Waals surface area contributed by atoms with Crippen LogP contribution in [0.4, 0.5) is 5.69 Å². The summed E-state index contributed by atoms with van der Waals surface area (Å²) >= 11 is 5.87. The Morgan fingerprint density at radius 1 is 0.935 bits per heavy atom. The molecule has 0 aliphatic heterocycles. The van der Waals surface area contributed by atoms with Crippen LogP contribution in [-0.2, 0) is 16.2 Å². The molecule has 3 rings (SSSR count). The molecule has 158 valence electrons. The van der Waals surface area contributed by atoms with Crippen LogP contribution in [0.5, 0.6) is 5.75 Å². The lowest BCUT2D eigenvalue weighted by Gasteiger charge is -2.07. The number of halogens is 1. The Hall–Kier alpha value is -3.64. The van der Waals surface area contributed by atoms with Gasteiger partial charge in [-0.15, -0.1) is 0 Å². The second-order valence-corrected chi connectivity index (χ2v) is 7.37. The molecule has 0 bridgehead atoms. The molecule has 0 atom stereocenters. The highest BCUT2D eigenvalue weighted by molar-refractivity contribution is 6.39. The van der Waals surface area contributed by atoms with E-state index in [2.05, 4.69) is 15.8 Å². The first-order valence-corrected chi connectivity index (χ1v) is 9.97. The van der Waals surface area contributed by atoms with Crippen LogP contribution in [0, 0.1) is 13.8 Å². The van der Waals surface area contributed by atoms with Crippen molar-refractivity contribution < 1.29 is 14.3 Å². The van der Waals surface area contributed by atoms with Gasteiger partial charge in [-0.05, 0) is 84.6 Å². The first kappa shape index (κ1) is 22.1. The van der Waals surface area contributed by atoms with E-state index in [1.165, 1.54) is 6.21 Å². The molecule has 3 aromatic carbocycles. The molecule has 7 heteroatoms. The van der Waals surface area contributed by atoms with Gasteiger partial charge in [-0.1, -0.05) is 29.8 Å². The molecule has 0 aromatic heterocycles. The quantitative estimate of drug-likeness (QED) is 0.336. The zero-order valence-electron chi connectivity index (χ0n) is 17.2. The van der Waals surface area contributed by atoms with Gasteiger partial charge < -0.3 is 10.1 Å². The van der Waals surface area contributed by atoms with E-state index in [0.29, 0.717) is 23.1 Å². The fourth-order valence-corrected chi connectivity index (χ4v) is 2.75. The van der Waals surface area contributed by atoms with Gasteiger partial charge in [-0.2, -0.15) is 5.10 Å². The lowest BCUT2D eigenvalue weighted by atomic mass is 10.1. The molecule has 0 aliphatic rings. The van der Waals surface area contributed by atoms with Gasteiger partial charge in [0.05, 0.1) is 6.21 Å². The molecule has 3 aromatic rings. The van der Waals surface area contributed by atoms with Gasteiger partial charge in [0.2, 0.25) is 0 Å². The molecule has 0 unspecified atom stereocenters. The highest BCUT2D eigenvalue weighted by Gasteiger charge is 2.13. The summed E-state index contributed by atoms with van der Waals surface area (Å²) in [5.74, 6) is -0.937. The van der Waals surface area contributed by atoms with Crippen molar-refractivity contribution in [2.75, 3.05) is 5.32 Å². The highest BCUT2D eigenvalue weighted by atomic mass is 35.5. The monoisotopic (exact) mass is 435 g/mol. The highest BCUT2D eigenvalue weighted by Crippen LogP contribution is 2.16. The fraction of sp³-hybridized carbons (Fsp3) is 0.125. The van der Waals surface area contributed by atoms with Gasteiger partial charge in [-0.25, -0.2) is 5.43 Å². The summed E-state index contributed by atoms with van der Waals surface area (Å²) in [5.41, 5.74) is 6.66. The average molecular weight is 436 g/mol. The van der Waals surface area contributed by atoms with Crippen LogP contribution in [0.15, 0.2) is 71.8 Å². The number of nitrogens with zero attached hydrogens (tertiary/aromatic N) is 1. The van der Waals surface area contributed by atoms with Crippen LogP contribution in [0.2, 0.25) is 5.02 Å². The summed E-state index contributed by atoms with van der Waals surface area (Å²) < 4.78 is 5.72. The van der Waals surface area contributed by atoms with E-state index in [4.69, 9.17) is 16.3 Å². The van der Waals surface area contributed by atoms with Crippen LogP contribution in [-0.4, -0.2) is 18.0 Å². The number of nitrogens with one attached hydrogen (secondary N) is 2. The molecule has 0 saturated carbocycles. The smallest absolute Gasteiger partial charge is 0.329 e. The molecular formula is C24H22ClN3O3. The van der Waals surface area contributed by atoms with Crippen LogP contribution >= 0.6 is 11.6 Å². The predicted molar refractivity (Wildman–Crippen MR) is 123 cm³/mol. The third kappa shape index (κ3) is 6.69. The summed E-state index contributed by atoms with van der Waals surface area (Å²) in [6.45, 7) is 4.33. The van der Waals surface area contributed by atoms with E-state index in [9.17, 15) is 9.59 Å². The minimum Gasteiger partial charge on any atom is -0.489 e. The van der Waals surface area contributed by atoms with Crippen molar-refractivity contribution in [3.05, 3.63) is 94.0 Å². The number of anilines is 1. The summed E-state index contributed by atoms with van der Waals surface area (Å²) in [6, 6.07) is 20.1. The Labute approximate surface area is 185 Å². The number of rotatable bonds is 6. The normalized spacial score (nSPS) is 10.7. The van der Waals surface area contributed by atoms with Gasteiger partial charge in [0.1, 0.15) is 12.4 Å². The first-order valence-electron chi connectivity index (χ1n) is 9.59. The third-order valence-electron chi connectivity index (χ3n) is 4.55. The van der Waals surface area contributed by atoms with Crippen LogP contribution in [0.25, 0.3) is 0 Å². The largest absolute Gasteiger partial charge is 0.489 e. The number of ether oxygens (including phenoxy) is 1. The number of carbonyl (C=O) groups excluding carboxylic acids is 2. The molecule has 0 aliphatic carbocycles. The van der Waals surface area contributed by atoms with E-state index in [0.717, 1.165) is 22.3 Å². The zero-order chi connectivity index (χ0) is 22.2.